The molecule has 3 rings (SSSR count). The van der Waals surface area contributed by atoms with Crippen molar-refractivity contribution < 1.29 is 26.5 Å². The van der Waals surface area contributed by atoms with Gasteiger partial charge in [0.25, 0.3) is 0 Å². The predicted molar refractivity (Wildman–Crippen MR) is 93.3 cm³/mol. The van der Waals surface area contributed by atoms with E-state index in [2.05, 4.69) is 4.98 Å². The number of piperazine rings is 1. The third kappa shape index (κ3) is 3.92. The van der Waals surface area contributed by atoms with Crippen LogP contribution in [0.15, 0.2) is 47.5 Å². The number of aromatic nitrogens is 1. The predicted octanol–water partition coefficient (Wildman–Crippen LogP) is 2.52. The van der Waals surface area contributed by atoms with E-state index >= 15 is 0 Å². The highest BCUT2D eigenvalue weighted by Crippen LogP contribution is 2.31. The molecule has 2 heterocycles. The minimum atomic E-state index is -4.55. The number of alkyl halides is 3. The molecule has 12 heteroatoms. The van der Waals surface area contributed by atoms with Crippen LogP contribution in [0.2, 0.25) is 0 Å². The topological polar surface area (TPSA) is 96.7 Å². The van der Waals surface area contributed by atoms with Gasteiger partial charge in [-0.3, -0.25) is 10.1 Å². The Morgan fingerprint density at radius 2 is 1.64 bits per heavy atom. The SMILES string of the molecule is O=[N+]([O-])c1cccnc1N1CCN(S(=O)(=O)c2ccc(C(F)(F)F)cc2)CC1. The Balaban J connectivity index is 1.75. The van der Waals surface area contributed by atoms with Crippen molar-refractivity contribution in [2.24, 2.45) is 0 Å². The molecule has 0 bridgehead atoms. The van der Waals surface area contributed by atoms with Crippen molar-refractivity contribution in [2.75, 3.05) is 31.1 Å². The van der Waals surface area contributed by atoms with Crippen LogP contribution in [0, 0.1) is 10.1 Å². The van der Waals surface area contributed by atoms with E-state index in [0.717, 1.165) is 28.6 Å². The van der Waals surface area contributed by atoms with Crippen molar-refractivity contribution in [3.8, 4) is 0 Å². The van der Waals surface area contributed by atoms with E-state index in [1.165, 1.54) is 18.3 Å². The van der Waals surface area contributed by atoms with Crippen LogP contribution in [0.4, 0.5) is 24.7 Å². The van der Waals surface area contributed by atoms with Crippen LogP contribution < -0.4 is 4.90 Å². The lowest BCUT2D eigenvalue weighted by atomic mass is 10.2. The summed E-state index contributed by atoms with van der Waals surface area (Å²) in [5, 5.41) is 11.1. The highest BCUT2D eigenvalue weighted by Gasteiger charge is 2.33. The first kappa shape index (κ1) is 20.0. The summed E-state index contributed by atoms with van der Waals surface area (Å²) in [6.07, 6.45) is -3.14. The molecule has 0 spiro atoms. The first-order valence-corrected chi connectivity index (χ1v) is 9.56. The Bertz CT molecular complexity index is 972. The Kier molecular flexibility index (Phi) is 5.26. The molecule has 1 aromatic carbocycles. The van der Waals surface area contributed by atoms with Crippen molar-refractivity contribution in [1.29, 1.82) is 0 Å². The van der Waals surface area contributed by atoms with Crippen molar-refractivity contribution in [3.05, 3.63) is 58.3 Å². The Labute approximate surface area is 158 Å². The van der Waals surface area contributed by atoms with Crippen LogP contribution in [0.3, 0.4) is 0 Å². The molecule has 0 saturated carbocycles. The van der Waals surface area contributed by atoms with Gasteiger partial charge < -0.3 is 4.90 Å². The Hall–Kier alpha value is -2.73. The molecule has 28 heavy (non-hydrogen) atoms. The summed E-state index contributed by atoms with van der Waals surface area (Å²) < 4.78 is 64.4. The van der Waals surface area contributed by atoms with Crippen molar-refractivity contribution in [2.45, 2.75) is 11.1 Å². The number of sulfonamides is 1. The highest BCUT2D eigenvalue weighted by atomic mass is 32.2. The first-order valence-electron chi connectivity index (χ1n) is 8.12. The zero-order valence-corrected chi connectivity index (χ0v) is 15.2. The summed E-state index contributed by atoms with van der Waals surface area (Å²) in [7, 11) is -3.97. The number of rotatable bonds is 4. The van der Waals surface area contributed by atoms with E-state index in [1.807, 2.05) is 0 Å². The minimum Gasteiger partial charge on any atom is -0.348 e. The maximum absolute atomic E-state index is 12.7. The monoisotopic (exact) mass is 416 g/mol. The molecule has 2 aromatic rings. The zero-order valence-electron chi connectivity index (χ0n) is 14.3. The van der Waals surface area contributed by atoms with E-state index in [0.29, 0.717) is 0 Å². The molecule has 0 aliphatic carbocycles. The molecule has 1 aliphatic heterocycles. The molecule has 0 radical (unpaired) electrons. The lowest BCUT2D eigenvalue weighted by Gasteiger charge is -2.34. The van der Waals surface area contributed by atoms with E-state index in [1.54, 1.807) is 4.90 Å². The van der Waals surface area contributed by atoms with Gasteiger partial charge in [0.15, 0.2) is 0 Å². The van der Waals surface area contributed by atoms with Gasteiger partial charge in [-0.1, -0.05) is 0 Å². The average molecular weight is 416 g/mol. The van der Waals surface area contributed by atoms with Crippen LogP contribution in [0.1, 0.15) is 5.56 Å². The van der Waals surface area contributed by atoms with Crippen LogP contribution in [-0.4, -0.2) is 48.8 Å². The molecule has 1 aromatic heterocycles. The van der Waals surface area contributed by atoms with E-state index in [-0.39, 0.29) is 42.6 Å². The standard InChI is InChI=1S/C16H15F3N4O4S/c17-16(18,19)12-3-5-13(6-4-12)28(26,27)22-10-8-21(9-11-22)15-14(23(24)25)2-1-7-20-15/h1-7H,8-11H2. The molecule has 0 unspecified atom stereocenters. The van der Waals surface area contributed by atoms with Gasteiger partial charge in [-0.25, -0.2) is 13.4 Å². The summed E-state index contributed by atoms with van der Waals surface area (Å²) in [4.78, 5) is 15.9. The second-order valence-corrected chi connectivity index (χ2v) is 7.95. The second kappa shape index (κ2) is 7.36. The molecule has 150 valence electrons. The van der Waals surface area contributed by atoms with E-state index in [9.17, 15) is 31.7 Å². The summed E-state index contributed by atoms with van der Waals surface area (Å²) >= 11 is 0. The fourth-order valence-electron chi connectivity index (χ4n) is 2.88. The van der Waals surface area contributed by atoms with E-state index < -0.39 is 26.7 Å². The van der Waals surface area contributed by atoms with Gasteiger partial charge in [-0.15, -0.1) is 0 Å². The fourth-order valence-corrected chi connectivity index (χ4v) is 4.30. The van der Waals surface area contributed by atoms with Crippen LogP contribution in [0.25, 0.3) is 0 Å². The average Bonchev–Trinajstić information content (AvgIpc) is 2.67. The van der Waals surface area contributed by atoms with Gasteiger partial charge in [-0.2, -0.15) is 17.5 Å². The number of nitrogens with zero attached hydrogens (tertiary/aromatic N) is 4. The summed E-state index contributed by atoms with van der Waals surface area (Å²) in [6, 6.07) is 6.05. The number of hydrogen-bond acceptors (Lipinski definition) is 6. The van der Waals surface area contributed by atoms with E-state index in [4.69, 9.17) is 0 Å². The molecule has 8 nitrogen and oxygen atoms in total. The molecular formula is C16H15F3N4O4S. The van der Waals surface area contributed by atoms with Gasteiger partial charge in [0.2, 0.25) is 15.8 Å². The number of halogens is 3. The molecule has 1 saturated heterocycles. The van der Waals surface area contributed by atoms with Gasteiger partial charge in [-0.05, 0) is 30.3 Å². The zero-order chi connectivity index (χ0) is 20.5. The van der Waals surface area contributed by atoms with Gasteiger partial charge in [0.05, 0.1) is 15.4 Å². The van der Waals surface area contributed by atoms with Gasteiger partial charge >= 0.3 is 11.9 Å². The number of benzene rings is 1. The van der Waals surface area contributed by atoms with Gasteiger partial charge in [0.1, 0.15) is 0 Å². The van der Waals surface area contributed by atoms with Gasteiger partial charge in [0, 0.05) is 38.4 Å². The highest BCUT2D eigenvalue weighted by molar-refractivity contribution is 7.89. The number of nitro groups is 1. The van der Waals surface area contributed by atoms with Crippen molar-refractivity contribution in [3.63, 3.8) is 0 Å². The minimum absolute atomic E-state index is 0.0249. The lowest BCUT2D eigenvalue weighted by molar-refractivity contribution is -0.384. The molecule has 0 amide bonds. The van der Waals surface area contributed by atoms with Crippen LogP contribution >= 0.6 is 0 Å². The number of anilines is 1. The third-order valence-corrected chi connectivity index (χ3v) is 6.23. The maximum atomic E-state index is 12.7. The fraction of sp³-hybridized carbons (Fsp3) is 0.312. The number of hydrogen-bond donors (Lipinski definition) is 0. The molecule has 0 N–H and O–H groups in total. The maximum Gasteiger partial charge on any atom is 0.416 e. The lowest BCUT2D eigenvalue weighted by Crippen LogP contribution is -2.49. The molecule has 1 aliphatic rings. The first-order chi connectivity index (χ1) is 13.1. The van der Waals surface area contributed by atoms with Crippen LogP contribution in [0.5, 0.6) is 0 Å². The number of pyridine rings is 1. The largest absolute Gasteiger partial charge is 0.416 e. The normalized spacial score (nSPS) is 16.2. The van der Waals surface area contributed by atoms with Crippen molar-refractivity contribution >= 4 is 21.5 Å². The summed E-state index contributed by atoms with van der Waals surface area (Å²) in [5.41, 5.74) is -1.11. The molecular weight excluding hydrogens is 401 g/mol. The molecule has 1 fully saturated rings. The summed E-state index contributed by atoms with van der Waals surface area (Å²) in [5.74, 6) is 0.152. The molecule has 0 atom stereocenters. The quantitative estimate of drug-likeness (QED) is 0.561. The smallest absolute Gasteiger partial charge is 0.348 e. The summed E-state index contributed by atoms with van der Waals surface area (Å²) in [6.45, 7) is 0.379. The Morgan fingerprint density at radius 1 is 1.04 bits per heavy atom. The van der Waals surface area contributed by atoms with Crippen LogP contribution in [-0.2, 0) is 16.2 Å². The van der Waals surface area contributed by atoms with Crippen molar-refractivity contribution in [1.82, 2.24) is 9.29 Å². The second-order valence-electron chi connectivity index (χ2n) is 6.02. The third-order valence-electron chi connectivity index (χ3n) is 4.32. The Morgan fingerprint density at radius 3 is 2.18 bits per heavy atom.